The van der Waals surface area contributed by atoms with E-state index in [-0.39, 0.29) is 17.2 Å². The molecule has 0 bridgehead atoms. The summed E-state index contributed by atoms with van der Waals surface area (Å²) in [5, 5.41) is 0. The molecule has 0 radical (unpaired) electrons. The molecule has 1 aliphatic heterocycles. The fraction of sp³-hybridized carbons (Fsp3) is 0.400. The van der Waals surface area contributed by atoms with Gasteiger partial charge in [-0.25, -0.2) is 8.42 Å². The summed E-state index contributed by atoms with van der Waals surface area (Å²) in [6.45, 7) is 5.86. The van der Waals surface area contributed by atoms with Gasteiger partial charge >= 0.3 is 0 Å². The second kappa shape index (κ2) is 5.50. The van der Waals surface area contributed by atoms with E-state index in [1.807, 2.05) is 13.8 Å². The average molecular weight is 293 g/mol. The highest BCUT2D eigenvalue weighted by molar-refractivity contribution is 7.89. The summed E-state index contributed by atoms with van der Waals surface area (Å²) in [4.78, 5) is 11.9. The Bertz CT molecular complexity index is 657. The molecule has 1 heterocycles. The number of hydrogen-bond acceptors (Lipinski definition) is 3. The van der Waals surface area contributed by atoms with E-state index in [2.05, 4.69) is 0 Å². The lowest BCUT2D eigenvalue weighted by Crippen LogP contribution is -2.30. The fourth-order valence-electron chi connectivity index (χ4n) is 2.37. The normalized spacial score (nSPS) is 16.8. The van der Waals surface area contributed by atoms with Crippen LogP contribution in [0.25, 0.3) is 0 Å². The third-order valence-electron chi connectivity index (χ3n) is 3.64. The minimum absolute atomic E-state index is 0.0385. The number of sulfonamides is 1. The predicted octanol–water partition coefficient (Wildman–Crippen LogP) is 2.29. The zero-order chi connectivity index (χ0) is 14.9. The number of Topliss-reactive ketones (excluding diaryl/α,β-unsaturated/α-hetero) is 1. The van der Waals surface area contributed by atoms with Crippen molar-refractivity contribution in [2.45, 2.75) is 32.1 Å². The molecule has 0 amide bonds. The van der Waals surface area contributed by atoms with E-state index in [9.17, 15) is 13.2 Å². The first kappa shape index (κ1) is 14.9. The van der Waals surface area contributed by atoms with E-state index >= 15 is 0 Å². The summed E-state index contributed by atoms with van der Waals surface area (Å²) in [5.41, 5.74) is 2.58. The highest BCUT2D eigenvalue weighted by Crippen LogP contribution is 2.27. The standard InChI is InChI=1S/C15H19NO3S/c1-4-13-9-16(10-15(13)12(3)17)20(18,19)14-7-5-11(2)6-8-14/h5-8H,4,9-10H2,1-3H3. The van der Waals surface area contributed by atoms with E-state index in [0.29, 0.717) is 18.5 Å². The summed E-state index contributed by atoms with van der Waals surface area (Å²) in [6, 6.07) is 6.79. The van der Waals surface area contributed by atoms with Crippen molar-refractivity contribution in [3.63, 3.8) is 0 Å². The summed E-state index contributed by atoms with van der Waals surface area (Å²) in [7, 11) is -3.53. The molecule has 0 saturated carbocycles. The predicted molar refractivity (Wildman–Crippen MR) is 77.9 cm³/mol. The van der Waals surface area contributed by atoms with Crippen LogP contribution < -0.4 is 0 Å². The number of rotatable bonds is 4. The second-order valence-electron chi connectivity index (χ2n) is 5.08. The van der Waals surface area contributed by atoms with Crippen LogP contribution in [0.5, 0.6) is 0 Å². The third-order valence-corrected chi connectivity index (χ3v) is 5.44. The number of nitrogens with zero attached hydrogens (tertiary/aromatic N) is 1. The first-order valence-corrected chi connectivity index (χ1v) is 8.09. The molecule has 5 heteroatoms. The summed E-state index contributed by atoms with van der Waals surface area (Å²) in [6.07, 6.45) is 0.703. The quantitative estimate of drug-likeness (QED) is 0.856. The van der Waals surface area contributed by atoms with Gasteiger partial charge in [-0.3, -0.25) is 4.79 Å². The molecule has 4 nitrogen and oxygen atoms in total. The van der Waals surface area contributed by atoms with E-state index in [1.165, 1.54) is 11.2 Å². The van der Waals surface area contributed by atoms with Gasteiger partial charge in [0.1, 0.15) is 0 Å². The van der Waals surface area contributed by atoms with Crippen molar-refractivity contribution in [3.8, 4) is 0 Å². The Hall–Kier alpha value is -1.46. The molecule has 108 valence electrons. The second-order valence-corrected chi connectivity index (χ2v) is 7.02. The van der Waals surface area contributed by atoms with E-state index in [4.69, 9.17) is 0 Å². The molecular formula is C15H19NO3S. The maximum Gasteiger partial charge on any atom is 0.243 e. The molecule has 2 rings (SSSR count). The minimum Gasteiger partial charge on any atom is -0.295 e. The summed E-state index contributed by atoms with van der Waals surface area (Å²) < 4.78 is 26.5. The molecule has 0 unspecified atom stereocenters. The van der Waals surface area contributed by atoms with Crippen LogP contribution in [0.3, 0.4) is 0 Å². The SMILES string of the molecule is CCC1=C(C(C)=O)CN(S(=O)(=O)c2ccc(C)cc2)C1. The number of benzene rings is 1. The van der Waals surface area contributed by atoms with Crippen LogP contribution in [0.2, 0.25) is 0 Å². The third kappa shape index (κ3) is 2.69. The maximum atomic E-state index is 12.6. The number of aryl methyl sites for hydroxylation is 1. The van der Waals surface area contributed by atoms with Crippen molar-refractivity contribution in [1.82, 2.24) is 4.31 Å². The van der Waals surface area contributed by atoms with Gasteiger partial charge in [0.05, 0.1) is 4.90 Å². The van der Waals surface area contributed by atoms with Gasteiger partial charge in [0, 0.05) is 18.7 Å². The van der Waals surface area contributed by atoms with Crippen molar-refractivity contribution < 1.29 is 13.2 Å². The Morgan fingerprint density at radius 2 is 1.80 bits per heavy atom. The molecule has 0 spiro atoms. The topological polar surface area (TPSA) is 54.5 Å². The monoisotopic (exact) mass is 293 g/mol. The van der Waals surface area contributed by atoms with Gasteiger partial charge in [0.15, 0.2) is 5.78 Å². The fourth-order valence-corrected chi connectivity index (χ4v) is 3.77. The van der Waals surface area contributed by atoms with Crippen LogP contribution in [-0.2, 0) is 14.8 Å². The molecule has 0 aromatic heterocycles. The van der Waals surface area contributed by atoms with E-state index in [0.717, 1.165) is 11.1 Å². The highest BCUT2D eigenvalue weighted by atomic mass is 32.2. The van der Waals surface area contributed by atoms with Gasteiger partial charge in [-0.15, -0.1) is 0 Å². The molecule has 0 saturated heterocycles. The molecule has 0 aliphatic carbocycles. The number of hydrogen-bond donors (Lipinski definition) is 0. The van der Waals surface area contributed by atoms with Crippen LogP contribution in [0.4, 0.5) is 0 Å². The molecule has 0 atom stereocenters. The largest absolute Gasteiger partial charge is 0.295 e. The van der Waals surface area contributed by atoms with E-state index < -0.39 is 10.0 Å². The van der Waals surface area contributed by atoms with Crippen LogP contribution >= 0.6 is 0 Å². The van der Waals surface area contributed by atoms with E-state index in [1.54, 1.807) is 24.3 Å². The minimum atomic E-state index is -3.53. The maximum absolute atomic E-state index is 12.6. The number of carbonyl (C=O) groups is 1. The Morgan fingerprint density at radius 3 is 2.25 bits per heavy atom. The van der Waals surface area contributed by atoms with Gasteiger partial charge < -0.3 is 0 Å². The Morgan fingerprint density at radius 1 is 1.20 bits per heavy atom. The van der Waals surface area contributed by atoms with Gasteiger partial charge in [-0.05, 0) is 38.0 Å². The smallest absolute Gasteiger partial charge is 0.243 e. The van der Waals surface area contributed by atoms with Crippen LogP contribution in [0, 0.1) is 6.92 Å². The lowest BCUT2D eigenvalue weighted by atomic mass is 10.1. The van der Waals surface area contributed by atoms with Gasteiger partial charge in [-0.1, -0.05) is 24.6 Å². The molecule has 1 aromatic carbocycles. The molecule has 1 aliphatic rings. The first-order chi connectivity index (χ1) is 9.36. The summed E-state index contributed by atoms with van der Waals surface area (Å²) in [5.74, 6) is -0.0385. The van der Waals surface area contributed by atoms with Gasteiger partial charge in [0.25, 0.3) is 0 Å². The van der Waals surface area contributed by atoms with Crippen LogP contribution in [-0.4, -0.2) is 31.6 Å². The summed E-state index contributed by atoms with van der Waals surface area (Å²) >= 11 is 0. The molecular weight excluding hydrogens is 274 g/mol. The zero-order valence-corrected chi connectivity index (χ0v) is 12.8. The Kier molecular flexibility index (Phi) is 4.11. The molecule has 1 aromatic rings. The zero-order valence-electron chi connectivity index (χ0n) is 12.0. The van der Waals surface area contributed by atoms with Crippen LogP contribution in [0.15, 0.2) is 40.3 Å². The van der Waals surface area contributed by atoms with Gasteiger partial charge in [0.2, 0.25) is 10.0 Å². The number of ketones is 1. The molecule has 0 fully saturated rings. The van der Waals surface area contributed by atoms with Crippen molar-refractivity contribution in [3.05, 3.63) is 41.0 Å². The molecule has 20 heavy (non-hydrogen) atoms. The highest BCUT2D eigenvalue weighted by Gasteiger charge is 2.32. The van der Waals surface area contributed by atoms with Crippen molar-refractivity contribution in [2.75, 3.05) is 13.1 Å². The molecule has 0 N–H and O–H groups in total. The van der Waals surface area contributed by atoms with Gasteiger partial charge in [-0.2, -0.15) is 4.31 Å². The lowest BCUT2D eigenvalue weighted by Gasteiger charge is -2.16. The van der Waals surface area contributed by atoms with Crippen molar-refractivity contribution >= 4 is 15.8 Å². The Labute approximate surface area is 120 Å². The average Bonchev–Trinajstić information content (AvgIpc) is 2.84. The Balaban J connectivity index is 2.30. The van der Waals surface area contributed by atoms with Crippen molar-refractivity contribution in [2.24, 2.45) is 0 Å². The first-order valence-electron chi connectivity index (χ1n) is 6.65. The number of carbonyl (C=O) groups excluding carboxylic acids is 1. The van der Waals surface area contributed by atoms with Crippen molar-refractivity contribution in [1.29, 1.82) is 0 Å². The lowest BCUT2D eigenvalue weighted by molar-refractivity contribution is -0.113. The van der Waals surface area contributed by atoms with Crippen LogP contribution in [0.1, 0.15) is 25.8 Å².